The fourth-order valence-corrected chi connectivity index (χ4v) is 4.50. The highest BCUT2D eigenvalue weighted by Crippen LogP contribution is 2.35. The van der Waals surface area contributed by atoms with Gasteiger partial charge in [0.2, 0.25) is 0 Å². The first-order valence-electron chi connectivity index (χ1n) is 10.7. The average Bonchev–Trinajstić information content (AvgIpc) is 3.29. The standard InChI is InChI=1S/C21H35N5O2/c1-22-20(24-13-12-23-19(27)18-9-8-16-28-18)25-17-21(10-4-2-5-11-21)26-14-6-3-7-15-26/h8-9,16H,2-7,10-15,17H2,1H3,(H,23,27)(H2,22,24,25). The van der Waals surface area contributed by atoms with E-state index in [0.29, 0.717) is 18.8 Å². The predicted octanol–water partition coefficient (Wildman–Crippen LogP) is 2.36. The van der Waals surface area contributed by atoms with Gasteiger partial charge in [0.25, 0.3) is 5.91 Å². The van der Waals surface area contributed by atoms with Crippen LogP contribution < -0.4 is 16.0 Å². The summed E-state index contributed by atoms with van der Waals surface area (Å²) in [5.41, 5.74) is 0.268. The van der Waals surface area contributed by atoms with Crippen molar-refractivity contribution in [3.05, 3.63) is 24.2 Å². The maximum absolute atomic E-state index is 11.9. The molecule has 1 saturated carbocycles. The molecule has 0 unspecified atom stereocenters. The maximum Gasteiger partial charge on any atom is 0.287 e. The lowest BCUT2D eigenvalue weighted by Gasteiger charge is -2.48. The number of rotatable bonds is 7. The van der Waals surface area contributed by atoms with Gasteiger partial charge in [-0.2, -0.15) is 0 Å². The Morgan fingerprint density at radius 2 is 1.79 bits per heavy atom. The molecule has 1 aliphatic carbocycles. The second kappa shape index (κ2) is 10.5. The van der Waals surface area contributed by atoms with Gasteiger partial charge < -0.3 is 20.4 Å². The van der Waals surface area contributed by atoms with Crippen LogP contribution in [0.1, 0.15) is 61.9 Å². The lowest BCUT2D eigenvalue weighted by Crippen LogP contribution is -2.59. The van der Waals surface area contributed by atoms with Gasteiger partial charge in [-0.05, 0) is 50.9 Å². The second-order valence-electron chi connectivity index (χ2n) is 7.92. The molecule has 0 spiro atoms. The molecule has 2 aliphatic rings. The van der Waals surface area contributed by atoms with Crippen LogP contribution in [0.25, 0.3) is 0 Å². The molecule has 1 saturated heterocycles. The molecule has 7 heteroatoms. The number of guanidine groups is 1. The number of furan rings is 1. The van der Waals surface area contributed by atoms with E-state index in [9.17, 15) is 4.79 Å². The van der Waals surface area contributed by atoms with Crippen LogP contribution >= 0.6 is 0 Å². The van der Waals surface area contributed by atoms with Crippen molar-refractivity contribution in [3.8, 4) is 0 Å². The van der Waals surface area contributed by atoms with E-state index in [1.807, 2.05) is 0 Å². The van der Waals surface area contributed by atoms with Crippen molar-refractivity contribution < 1.29 is 9.21 Å². The zero-order valence-electron chi connectivity index (χ0n) is 17.1. The summed E-state index contributed by atoms with van der Waals surface area (Å²) in [4.78, 5) is 19.0. The van der Waals surface area contributed by atoms with Crippen LogP contribution in [0.5, 0.6) is 0 Å². The van der Waals surface area contributed by atoms with Crippen LogP contribution in [-0.4, -0.2) is 62.1 Å². The van der Waals surface area contributed by atoms with Gasteiger partial charge in [0.15, 0.2) is 11.7 Å². The Morgan fingerprint density at radius 1 is 1.07 bits per heavy atom. The monoisotopic (exact) mass is 389 g/mol. The highest BCUT2D eigenvalue weighted by molar-refractivity contribution is 5.91. The van der Waals surface area contributed by atoms with Crippen molar-refractivity contribution in [2.45, 2.75) is 56.9 Å². The molecular weight excluding hydrogens is 354 g/mol. The van der Waals surface area contributed by atoms with Gasteiger partial charge in [-0.3, -0.25) is 14.7 Å². The summed E-state index contributed by atoms with van der Waals surface area (Å²) in [5.74, 6) is 0.943. The molecule has 0 radical (unpaired) electrons. The number of likely N-dealkylation sites (tertiary alicyclic amines) is 1. The summed E-state index contributed by atoms with van der Waals surface area (Å²) < 4.78 is 5.10. The normalized spacial score (nSPS) is 20.5. The summed E-state index contributed by atoms with van der Waals surface area (Å²) in [6.07, 6.45) is 12.1. The number of nitrogens with zero attached hydrogens (tertiary/aromatic N) is 2. The van der Waals surface area contributed by atoms with E-state index in [0.717, 1.165) is 12.5 Å². The van der Waals surface area contributed by atoms with Crippen LogP contribution in [0.4, 0.5) is 0 Å². The van der Waals surface area contributed by atoms with Crippen LogP contribution in [0.3, 0.4) is 0 Å². The fraction of sp³-hybridized carbons (Fsp3) is 0.714. The van der Waals surface area contributed by atoms with Crippen molar-refractivity contribution in [3.63, 3.8) is 0 Å². The topological polar surface area (TPSA) is 81.9 Å². The molecule has 1 aromatic heterocycles. The van der Waals surface area contributed by atoms with E-state index >= 15 is 0 Å². The number of carbonyl (C=O) groups is 1. The number of aliphatic imine (C=N–C) groups is 1. The molecule has 1 aromatic rings. The first kappa shape index (κ1) is 20.7. The average molecular weight is 390 g/mol. The molecule has 1 amide bonds. The predicted molar refractivity (Wildman–Crippen MR) is 112 cm³/mol. The highest BCUT2D eigenvalue weighted by atomic mass is 16.3. The van der Waals surface area contributed by atoms with E-state index in [2.05, 4.69) is 25.8 Å². The number of hydrogen-bond donors (Lipinski definition) is 3. The molecule has 0 atom stereocenters. The smallest absolute Gasteiger partial charge is 0.287 e. The quantitative estimate of drug-likeness (QED) is 0.379. The molecule has 0 bridgehead atoms. The number of hydrogen-bond acceptors (Lipinski definition) is 4. The third-order valence-corrected chi connectivity index (χ3v) is 6.07. The molecule has 28 heavy (non-hydrogen) atoms. The first-order chi connectivity index (χ1) is 13.7. The van der Waals surface area contributed by atoms with Gasteiger partial charge in [0, 0.05) is 32.2 Å². The summed E-state index contributed by atoms with van der Waals surface area (Å²) in [6.45, 7) is 4.52. The van der Waals surface area contributed by atoms with Crippen LogP contribution in [0.2, 0.25) is 0 Å². The van der Waals surface area contributed by atoms with E-state index in [1.54, 1.807) is 19.2 Å². The molecule has 2 heterocycles. The maximum atomic E-state index is 11.9. The Kier molecular flexibility index (Phi) is 7.77. The van der Waals surface area contributed by atoms with E-state index in [4.69, 9.17) is 4.42 Å². The van der Waals surface area contributed by atoms with E-state index < -0.39 is 0 Å². The summed E-state index contributed by atoms with van der Waals surface area (Å²) >= 11 is 0. The number of nitrogens with one attached hydrogen (secondary N) is 3. The summed E-state index contributed by atoms with van der Waals surface area (Å²) in [7, 11) is 1.80. The van der Waals surface area contributed by atoms with Crippen LogP contribution in [-0.2, 0) is 0 Å². The molecule has 156 valence electrons. The van der Waals surface area contributed by atoms with Gasteiger partial charge in [0.05, 0.1) is 6.26 Å². The minimum absolute atomic E-state index is 0.194. The van der Waals surface area contributed by atoms with Crippen molar-refractivity contribution in [1.29, 1.82) is 0 Å². The second-order valence-corrected chi connectivity index (χ2v) is 7.92. The largest absolute Gasteiger partial charge is 0.459 e. The highest BCUT2D eigenvalue weighted by Gasteiger charge is 2.38. The van der Waals surface area contributed by atoms with Gasteiger partial charge in [-0.1, -0.05) is 25.7 Å². The number of carbonyl (C=O) groups excluding carboxylic acids is 1. The Balaban J connectivity index is 1.44. The zero-order valence-corrected chi connectivity index (χ0v) is 17.1. The Hall–Kier alpha value is -2.02. The zero-order chi connectivity index (χ0) is 19.7. The van der Waals surface area contributed by atoms with Gasteiger partial charge in [0.1, 0.15) is 0 Å². The lowest BCUT2D eigenvalue weighted by molar-refractivity contribution is 0.0368. The van der Waals surface area contributed by atoms with Crippen molar-refractivity contribution >= 4 is 11.9 Å². The fourth-order valence-electron chi connectivity index (χ4n) is 4.50. The Morgan fingerprint density at radius 3 is 2.46 bits per heavy atom. The molecule has 0 aromatic carbocycles. The minimum atomic E-state index is -0.194. The Labute approximate surface area is 168 Å². The Bertz CT molecular complexity index is 617. The molecular formula is C21H35N5O2. The van der Waals surface area contributed by atoms with Crippen molar-refractivity contribution in [2.75, 3.05) is 39.8 Å². The molecule has 3 N–H and O–H groups in total. The first-order valence-corrected chi connectivity index (χ1v) is 10.7. The third-order valence-electron chi connectivity index (χ3n) is 6.07. The lowest BCUT2D eigenvalue weighted by atomic mass is 9.79. The van der Waals surface area contributed by atoms with Crippen molar-refractivity contribution in [2.24, 2.45) is 4.99 Å². The van der Waals surface area contributed by atoms with E-state index in [1.165, 1.54) is 70.7 Å². The number of piperidine rings is 1. The summed E-state index contributed by atoms with van der Waals surface area (Å²) in [6, 6.07) is 3.37. The van der Waals surface area contributed by atoms with Gasteiger partial charge in [-0.15, -0.1) is 0 Å². The van der Waals surface area contributed by atoms with Crippen molar-refractivity contribution in [1.82, 2.24) is 20.9 Å². The van der Waals surface area contributed by atoms with Crippen LogP contribution in [0.15, 0.2) is 27.8 Å². The molecule has 1 aliphatic heterocycles. The number of amides is 1. The SMILES string of the molecule is CN=C(NCCNC(=O)c1ccco1)NCC1(N2CCCCC2)CCCCC1. The van der Waals surface area contributed by atoms with Crippen LogP contribution in [0, 0.1) is 0 Å². The molecule has 3 rings (SSSR count). The van der Waals surface area contributed by atoms with Gasteiger partial charge in [-0.25, -0.2) is 0 Å². The minimum Gasteiger partial charge on any atom is -0.459 e. The third kappa shape index (κ3) is 5.50. The molecule has 7 nitrogen and oxygen atoms in total. The van der Waals surface area contributed by atoms with E-state index in [-0.39, 0.29) is 11.4 Å². The van der Waals surface area contributed by atoms with Gasteiger partial charge >= 0.3 is 0 Å². The molecule has 2 fully saturated rings. The summed E-state index contributed by atoms with van der Waals surface area (Å²) in [5, 5.41) is 9.71.